The van der Waals surface area contributed by atoms with Crippen LogP contribution in [0.4, 0.5) is 5.69 Å². The summed E-state index contributed by atoms with van der Waals surface area (Å²) in [7, 11) is 0. The van der Waals surface area contributed by atoms with Crippen LogP contribution in [0.25, 0.3) is 0 Å². The van der Waals surface area contributed by atoms with E-state index in [-0.39, 0.29) is 18.4 Å². The maximum absolute atomic E-state index is 12.1. The van der Waals surface area contributed by atoms with Crippen molar-refractivity contribution < 1.29 is 14.7 Å². The summed E-state index contributed by atoms with van der Waals surface area (Å²) in [6.45, 7) is 3.78. The lowest BCUT2D eigenvalue weighted by molar-refractivity contribution is -0.146. The zero-order valence-electron chi connectivity index (χ0n) is 9.88. The van der Waals surface area contributed by atoms with Gasteiger partial charge in [-0.25, -0.2) is 0 Å². The van der Waals surface area contributed by atoms with Crippen LogP contribution < -0.4 is 4.90 Å². The van der Waals surface area contributed by atoms with Gasteiger partial charge in [0.1, 0.15) is 5.92 Å². The van der Waals surface area contributed by atoms with Crippen LogP contribution in [-0.2, 0) is 16.0 Å². The normalized spacial score (nSPS) is 19.4. The molecule has 0 bridgehead atoms. The third-order valence-electron chi connectivity index (χ3n) is 3.03. The average molecular weight is 233 g/mol. The summed E-state index contributed by atoms with van der Waals surface area (Å²) in [6, 6.07) is 7.44. The molecule has 4 heteroatoms. The van der Waals surface area contributed by atoms with Gasteiger partial charge in [-0.05, 0) is 31.9 Å². The molecule has 0 fully saturated rings. The van der Waals surface area contributed by atoms with E-state index >= 15 is 0 Å². The summed E-state index contributed by atoms with van der Waals surface area (Å²) >= 11 is 0. The van der Waals surface area contributed by atoms with Gasteiger partial charge in [-0.15, -0.1) is 0 Å². The molecule has 0 saturated carbocycles. The number of benzene rings is 1. The van der Waals surface area contributed by atoms with Gasteiger partial charge in [0, 0.05) is 11.7 Å². The molecule has 1 heterocycles. The Kier molecular flexibility index (Phi) is 2.88. The molecule has 90 valence electrons. The number of amides is 1. The first-order chi connectivity index (χ1) is 8.02. The molecule has 1 aromatic carbocycles. The molecule has 0 radical (unpaired) electrons. The number of carbonyl (C=O) groups is 2. The van der Waals surface area contributed by atoms with Gasteiger partial charge in [-0.2, -0.15) is 0 Å². The van der Waals surface area contributed by atoms with Crippen molar-refractivity contribution in [2.75, 3.05) is 4.90 Å². The quantitative estimate of drug-likeness (QED) is 0.791. The molecule has 0 aliphatic carbocycles. The van der Waals surface area contributed by atoms with E-state index in [4.69, 9.17) is 5.11 Å². The summed E-state index contributed by atoms with van der Waals surface area (Å²) in [5, 5.41) is 9.09. The van der Waals surface area contributed by atoms with Crippen molar-refractivity contribution in [3.63, 3.8) is 0 Å². The first-order valence-electron chi connectivity index (χ1n) is 5.66. The highest BCUT2D eigenvalue weighted by atomic mass is 16.4. The van der Waals surface area contributed by atoms with Crippen molar-refractivity contribution in [3.8, 4) is 0 Å². The lowest BCUT2D eigenvalue weighted by Gasteiger charge is -2.35. The number of anilines is 1. The van der Waals surface area contributed by atoms with Gasteiger partial charge in [-0.3, -0.25) is 9.59 Å². The highest BCUT2D eigenvalue weighted by molar-refractivity contribution is 6.08. The molecule has 2 rings (SSSR count). The van der Waals surface area contributed by atoms with Gasteiger partial charge >= 0.3 is 5.97 Å². The fourth-order valence-corrected chi connectivity index (χ4v) is 2.24. The van der Waals surface area contributed by atoms with E-state index in [2.05, 4.69) is 0 Å². The molecule has 1 aliphatic heterocycles. The number of fused-ring (bicyclic) bond motifs is 1. The second kappa shape index (κ2) is 4.20. The maximum Gasteiger partial charge on any atom is 0.316 e. The van der Waals surface area contributed by atoms with E-state index in [0.717, 1.165) is 11.3 Å². The maximum atomic E-state index is 12.1. The molecule has 1 aliphatic rings. The van der Waals surface area contributed by atoms with Gasteiger partial charge in [0.2, 0.25) is 5.91 Å². The third kappa shape index (κ3) is 1.90. The highest BCUT2D eigenvalue weighted by Crippen LogP contribution is 2.31. The number of aliphatic carboxylic acids is 1. The number of nitrogens with zero attached hydrogens (tertiary/aromatic N) is 1. The first-order valence-corrected chi connectivity index (χ1v) is 5.66. The van der Waals surface area contributed by atoms with E-state index in [9.17, 15) is 9.59 Å². The predicted octanol–water partition coefficient (Wildman–Crippen LogP) is 1.68. The Labute approximate surface area is 99.9 Å². The fourth-order valence-electron chi connectivity index (χ4n) is 2.24. The van der Waals surface area contributed by atoms with E-state index in [0.29, 0.717) is 0 Å². The fraction of sp³-hybridized carbons (Fsp3) is 0.385. The minimum atomic E-state index is -1.05. The van der Waals surface area contributed by atoms with Crippen LogP contribution in [0.5, 0.6) is 0 Å². The minimum Gasteiger partial charge on any atom is -0.481 e. The van der Waals surface area contributed by atoms with Crippen molar-refractivity contribution in [3.05, 3.63) is 29.8 Å². The molecule has 0 saturated heterocycles. The van der Waals surface area contributed by atoms with Crippen molar-refractivity contribution in [1.82, 2.24) is 0 Å². The van der Waals surface area contributed by atoms with Gasteiger partial charge < -0.3 is 10.0 Å². The zero-order chi connectivity index (χ0) is 12.6. The Morgan fingerprint density at radius 3 is 2.65 bits per heavy atom. The molecule has 17 heavy (non-hydrogen) atoms. The first kappa shape index (κ1) is 11.6. The third-order valence-corrected chi connectivity index (χ3v) is 3.03. The van der Waals surface area contributed by atoms with E-state index in [1.54, 1.807) is 4.90 Å². The molecule has 1 amide bonds. The molecule has 0 unspecified atom stereocenters. The Balaban J connectivity index is 2.50. The number of hydrogen-bond donors (Lipinski definition) is 1. The van der Waals surface area contributed by atoms with Crippen molar-refractivity contribution in [1.29, 1.82) is 0 Å². The predicted molar refractivity (Wildman–Crippen MR) is 63.9 cm³/mol. The van der Waals surface area contributed by atoms with Crippen molar-refractivity contribution >= 4 is 17.6 Å². The largest absolute Gasteiger partial charge is 0.481 e. The average Bonchev–Trinajstić information content (AvgIpc) is 2.27. The van der Waals surface area contributed by atoms with Crippen LogP contribution in [0.1, 0.15) is 19.4 Å². The Morgan fingerprint density at radius 1 is 1.41 bits per heavy atom. The van der Waals surface area contributed by atoms with Gasteiger partial charge in [0.15, 0.2) is 0 Å². The van der Waals surface area contributed by atoms with Crippen LogP contribution in [-0.4, -0.2) is 23.0 Å². The van der Waals surface area contributed by atoms with Gasteiger partial charge in [0.25, 0.3) is 0 Å². The van der Waals surface area contributed by atoms with Crippen molar-refractivity contribution in [2.24, 2.45) is 5.92 Å². The van der Waals surface area contributed by atoms with E-state index < -0.39 is 11.9 Å². The van der Waals surface area contributed by atoms with Crippen LogP contribution >= 0.6 is 0 Å². The van der Waals surface area contributed by atoms with Crippen LogP contribution in [0.3, 0.4) is 0 Å². The zero-order valence-corrected chi connectivity index (χ0v) is 9.88. The summed E-state index contributed by atoms with van der Waals surface area (Å²) in [5.41, 5.74) is 1.76. The second-order valence-electron chi connectivity index (χ2n) is 4.53. The van der Waals surface area contributed by atoms with E-state index in [1.807, 2.05) is 38.1 Å². The minimum absolute atomic E-state index is 0.0363. The molecular weight excluding hydrogens is 218 g/mol. The van der Waals surface area contributed by atoms with Crippen LogP contribution in [0.2, 0.25) is 0 Å². The highest BCUT2D eigenvalue weighted by Gasteiger charge is 2.38. The Hall–Kier alpha value is -1.84. The number of carboxylic acids is 1. The van der Waals surface area contributed by atoms with Gasteiger partial charge in [0.05, 0.1) is 0 Å². The lowest BCUT2D eigenvalue weighted by Crippen LogP contribution is -2.47. The monoisotopic (exact) mass is 233 g/mol. The lowest BCUT2D eigenvalue weighted by atomic mass is 9.91. The van der Waals surface area contributed by atoms with Crippen LogP contribution in [0, 0.1) is 5.92 Å². The number of para-hydroxylation sites is 1. The number of carbonyl (C=O) groups excluding carboxylic acids is 1. The van der Waals surface area contributed by atoms with Crippen molar-refractivity contribution in [2.45, 2.75) is 26.3 Å². The molecule has 4 nitrogen and oxygen atoms in total. The Bertz CT molecular complexity index is 467. The number of hydrogen-bond acceptors (Lipinski definition) is 2. The molecule has 0 aromatic heterocycles. The Morgan fingerprint density at radius 2 is 2.06 bits per heavy atom. The molecule has 1 aromatic rings. The van der Waals surface area contributed by atoms with Crippen LogP contribution in [0.15, 0.2) is 24.3 Å². The SMILES string of the molecule is CC(C)N1C(=O)[C@H](C(=O)O)Cc2ccccc21. The standard InChI is InChI=1S/C13H15NO3/c1-8(2)14-11-6-4-3-5-9(11)7-10(12(14)15)13(16)17/h3-6,8,10H,7H2,1-2H3,(H,16,17)/t10-/m1/s1. The molecule has 1 N–H and O–H groups in total. The summed E-state index contributed by atoms with van der Waals surface area (Å²) in [6.07, 6.45) is 0.285. The molecule has 0 spiro atoms. The summed E-state index contributed by atoms with van der Waals surface area (Å²) < 4.78 is 0. The number of rotatable bonds is 2. The number of carboxylic acid groups (broad SMARTS) is 1. The van der Waals surface area contributed by atoms with E-state index in [1.165, 1.54) is 0 Å². The topological polar surface area (TPSA) is 57.6 Å². The smallest absolute Gasteiger partial charge is 0.316 e. The molecular formula is C13H15NO3. The van der Waals surface area contributed by atoms with Gasteiger partial charge in [-0.1, -0.05) is 18.2 Å². The second-order valence-corrected chi connectivity index (χ2v) is 4.53. The molecule has 1 atom stereocenters. The summed E-state index contributed by atoms with van der Waals surface area (Å²) in [5.74, 6) is -2.31. The summed E-state index contributed by atoms with van der Waals surface area (Å²) in [4.78, 5) is 24.8.